The number of anilines is 1. The number of thiazole rings is 1. The molecule has 27 heavy (non-hydrogen) atoms. The molecule has 0 radical (unpaired) electrons. The van der Waals surface area contributed by atoms with Crippen LogP contribution in [0.2, 0.25) is 0 Å². The molecule has 0 unspecified atom stereocenters. The third kappa shape index (κ3) is 3.62. The van der Waals surface area contributed by atoms with Crippen LogP contribution in [0.15, 0.2) is 48.0 Å². The number of benzene rings is 2. The molecule has 1 amide bonds. The molecule has 0 N–H and O–H groups in total. The largest absolute Gasteiger partial charge is 0.497 e. The summed E-state index contributed by atoms with van der Waals surface area (Å²) in [4.78, 5) is 21.6. The molecule has 3 aromatic rings. The number of carbonyl (C=O) groups excluding carboxylic acids is 1. The van der Waals surface area contributed by atoms with Gasteiger partial charge in [-0.2, -0.15) is 0 Å². The predicted molar refractivity (Wildman–Crippen MR) is 110 cm³/mol. The Morgan fingerprint density at radius 3 is 2.56 bits per heavy atom. The van der Waals surface area contributed by atoms with Crippen LogP contribution in [-0.4, -0.2) is 49.1 Å². The Balaban J connectivity index is 1.45. The highest BCUT2D eigenvalue weighted by Gasteiger charge is 2.26. The average Bonchev–Trinajstić information content (AvgIpc) is 3.27. The van der Waals surface area contributed by atoms with E-state index in [2.05, 4.69) is 28.1 Å². The number of nitrogens with zero attached hydrogens (tertiary/aromatic N) is 3. The zero-order chi connectivity index (χ0) is 18.8. The second-order valence-corrected chi connectivity index (χ2v) is 7.69. The summed E-state index contributed by atoms with van der Waals surface area (Å²) in [6.45, 7) is 5.16. The third-order valence-corrected chi connectivity index (χ3v) is 6.06. The van der Waals surface area contributed by atoms with Gasteiger partial charge in [-0.1, -0.05) is 24.3 Å². The van der Waals surface area contributed by atoms with Gasteiger partial charge in [-0.05, 0) is 35.4 Å². The lowest BCUT2D eigenvalue weighted by atomic mass is 9.96. The Labute approximate surface area is 163 Å². The maximum Gasteiger partial charge on any atom is 0.229 e. The molecular weight excluding hydrogens is 358 g/mol. The van der Waals surface area contributed by atoms with Gasteiger partial charge in [0.25, 0.3) is 0 Å². The second-order valence-electron chi connectivity index (χ2n) is 6.82. The molecule has 1 aliphatic rings. The lowest BCUT2D eigenvalue weighted by molar-refractivity contribution is -0.132. The van der Waals surface area contributed by atoms with Gasteiger partial charge >= 0.3 is 0 Å². The van der Waals surface area contributed by atoms with Crippen LogP contribution >= 0.6 is 11.3 Å². The van der Waals surface area contributed by atoms with Gasteiger partial charge in [0, 0.05) is 37.8 Å². The fraction of sp³-hybridized carbons (Fsp3) is 0.333. The lowest BCUT2D eigenvalue weighted by Crippen LogP contribution is -2.49. The maximum atomic E-state index is 13.0. The van der Waals surface area contributed by atoms with Gasteiger partial charge < -0.3 is 14.5 Å². The van der Waals surface area contributed by atoms with Gasteiger partial charge in [-0.3, -0.25) is 4.79 Å². The highest BCUT2D eigenvalue weighted by Crippen LogP contribution is 2.27. The molecule has 140 valence electrons. The van der Waals surface area contributed by atoms with Gasteiger partial charge in [0.05, 0.1) is 13.0 Å². The summed E-state index contributed by atoms with van der Waals surface area (Å²) in [6, 6.07) is 12.2. The van der Waals surface area contributed by atoms with E-state index in [1.54, 1.807) is 18.4 Å². The molecule has 5 nitrogen and oxygen atoms in total. The minimum Gasteiger partial charge on any atom is -0.497 e. The van der Waals surface area contributed by atoms with Crippen molar-refractivity contribution in [3.05, 3.63) is 53.5 Å². The number of ether oxygens (including phenoxy) is 1. The van der Waals surface area contributed by atoms with Gasteiger partial charge in [0.1, 0.15) is 5.75 Å². The molecule has 1 aromatic heterocycles. The molecule has 1 saturated heterocycles. The van der Waals surface area contributed by atoms with Crippen LogP contribution in [0.3, 0.4) is 0 Å². The Hall–Kier alpha value is -2.60. The molecule has 2 heterocycles. The van der Waals surface area contributed by atoms with Crippen LogP contribution in [0.1, 0.15) is 18.4 Å². The molecule has 4 rings (SSSR count). The zero-order valence-electron chi connectivity index (χ0n) is 15.6. The third-order valence-electron chi connectivity index (χ3n) is 5.22. The number of piperazine rings is 1. The molecule has 6 heteroatoms. The van der Waals surface area contributed by atoms with E-state index in [0.29, 0.717) is 0 Å². The van der Waals surface area contributed by atoms with Gasteiger partial charge in [-0.15, -0.1) is 11.3 Å². The number of hydrogen-bond donors (Lipinski definition) is 0. The fourth-order valence-corrected chi connectivity index (χ4v) is 4.24. The Morgan fingerprint density at radius 2 is 1.85 bits per heavy atom. The number of fused-ring (bicyclic) bond motifs is 1. The van der Waals surface area contributed by atoms with E-state index in [1.165, 1.54) is 0 Å². The molecule has 0 saturated carbocycles. The highest BCUT2D eigenvalue weighted by atomic mass is 32.1. The monoisotopic (exact) mass is 381 g/mol. The van der Waals surface area contributed by atoms with Crippen molar-refractivity contribution in [1.29, 1.82) is 0 Å². The van der Waals surface area contributed by atoms with Crippen LogP contribution in [0.4, 0.5) is 5.13 Å². The van der Waals surface area contributed by atoms with Crippen molar-refractivity contribution in [2.75, 3.05) is 38.2 Å². The Morgan fingerprint density at radius 1 is 1.11 bits per heavy atom. The summed E-state index contributed by atoms with van der Waals surface area (Å²) in [7, 11) is 1.67. The van der Waals surface area contributed by atoms with Crippen molar-refractivity contribution in [3.8, 4) is 5.75 Å². The number of carbonyl (C=O) groups is 1. The summed E-state index contributed by atoms with van der Waals surface area (Å²) in [6.07, 6.45) is 1.83. The first kappa shape index (κ1) is 17.8. The summed E-state index contributed by atoms with van der Waals surface area (Å²) in [5.41, 5.74) is 1.06. The summed E-state index contributed by atoms with van der Waals surface area (Å²) < 4.78 is 5.28. The van der Waals surface area contributed by atoms with Crippen molar-refractivity contribution in [2.24, 2.45) is 0 Å². The van der Waals surface area contributed by atoms with Crippen LogP contribution in [-0.2, 0) is 4.79 Å². The first-order valence-corrected chi connectivity index (χ1v) is 10.0. The van der Waals surface area contributed by atoms with E-state index in [0.717, 1.165) is 53.4 Å². The SMILES string of the molecule is COc1ccc2cc([C@@H](C)C(=O)N3CCN(c4nccs4)CC3)ccc2c1. The maximum absolute atomic E-state index is 13.0. The summed E-state index contributed by atoms with van der Waals surface area (Å²) in [5, 5.41) is 5.28. The quantitative estimate of drug-likeness (QED) is 0.690. The summed E-state index contributed by atoms with van der Waals surface area (Å²) >= 11 is 1.65. The second kappa shape index (κ2) is 7.56. The van der Waals surface area contributed by atoms with Gasteiger partial charge in [0.2, 0.25) is 5.91 Å². The Kier molecular flexibility index (Phi) is 4.99. The number of aromatic nitrogens is 1. The van der Waals surface area contributed by atoms with Crippen molar-refractivity contribution >= 4 is 33.1 Å². The highest BCUT2D eigenvalue weighted by molar-refractivity contribution is 7.13. The molecule has 0 aliphatic carbocycles. The number of methoxy groups -OCH3 is 1. The lowest BCUT2D eigenvalue weighted by Gasteiger charge is -2.36. The van der Waals surface area contributed by atoms with E-state index in [9.17, 15) is 4.79 Å². The van der Waals surface area contributed by atoms with Gasteiger partial charge in [-0.25, -0.2) is 4.98 Å². The molecule has 0 spiro atoms. The number of rotatable bonds is 4. The van der Waals surface area contributed by atoms with Crippen LogP contribution in [0.5, 0.6) is 5.75 Å². The van der Waals surface area contributed by atoms with E-state index in [-0.39, 0.29) is 11.8 Å². The van der Waals surface area contributed by atoms with E-state index in [4.69, 9.17) is 4.74 Å². The van der Waals surface area contributed by atoms with Crippen molar-refractivity contribution in [3.63, 3.8) is 0 Å². The van der Waals surface area contributed by atoms with Gasteiger partial charge in [0.15, 0.2) is 5.13 Å². The standard InChI is InChI=1S/C21H23N3O2S/c1-15(16-3-4-18-14-19(26-2)6-5-17(18)13-16)20(25)23-8-10-24(11-9-23)21-22-7-12-27-21/h3-7,12-15H,8-11H2,1-2H3/t15-/m1/s1. The zero-order valence-corrected chi connectivity index (χ0v) is 16.4. The average molecular weight is 382 g/mol. The van der Waals surface area contributed by atoms with Crippen molar-refractivity contribution < 1.29 is 9.53 Å². The van der Waals surface area contributed by atoms with E-state index < -0.39 is 0 Å². The minimum atomic E-state index is -0.150. The van der Waals surface area contributed by atoms with Crippen molar-refractivity contribution in [1.82, 2.24) is 9.88 Å². The Bertz CT molecular complexity index is 934. The number of amides is 1. The predicted octanol–water partition coefficient (Wildman–Crippen LogP) is 3.76. The van der Waals surface area contributed by atoms with E-state index >= 15 is 0 Å². The topological polar surface area (TPSA) is 45.7 Å². The van der Waals surface area contributed by atoms with Crippen LogP contribution < -0.4 is 9.64 Å². The fourth-order valence-electron chi connectivity index (χ4n) is 3.55. The smallest absolute Gasteiger partial charge is 0.229 e. The molecule has 0 bridgehead atoms. The first-order valence-electron chi connectivity index (χ1n) is 9.16. The normalized spacial score (nSPS) is 15.8. The molecular formula is C21H23N3O2S. The van der Waals surface area contributed by atoms with E-state index in [1.807, 2.05) is 41.6 Å². The molecule has 1 aliphatic heterocycles. The van der Waals surface area contributed by atoms with Crippen molar-refractivity contribution in [2.45, 2.75) is 12.8 Å². The molecule has 1 fully saturated rings. The number of hydrogen-bond acceptors (Lipinski definition) is 5. The molecule has 2 aromatic carbocycles. The minimum absolute atomic E-state index is 0.150. The summed E-state index contributed by atoms with van der Waals surface area (Å²) in [5.74, 6) is 0.891. The van der Waals surface area contributed by atoms with Crippen LogP contribution in [0, 0.1) is 0 Å². The van der Waals surface area contributed by atoms with Crippen LogP contribution in [0.25, 0.3) is 10.8 Å². The first-order chi connectivity index (χ1) is 13.2. The molecule has 1 atom stereocenters.